The van der Waals surface area contributed by atoms with E-state index in [0.717, 1.165) is 12.8 Å². The van der Waals surface area contributed by atoms with Crippen molar-refractivity contribution in [3.8, 4) is 0 Å². The van der Waals surface area contributed by atoms with E-state index in [4.69, 9.17) is 10.8 Å². The zero-order valence-electron chi connectivity index (χ0n) is 8.73. The standard InChI is InChI=1S/C7H9N.C5H8O2/c8-6-7-4-2-1-3-5-7;6-5(7)3-4-1-2-4/h1-5H,6,8H2;4H,1-3H2,(H,6,7). The molecule has 1 aliphatic rings. The Morgan fingerprint density at radius 3 is 2.20 bits per heavy atom. The Kier molecular flexibility index (Phi) is 4.84. The molecule has 82 valence electrons. The molecule has 0 bridgehead atoms. The molecule has 0 atom stereocenters. The predicted molar refractivity (Wildman–Crippen MR) is 59.3 cm³/mol. The number of hydrogen-bond acceptors (Lipinski definition) is 2. The molecule has 1 aromatic carbocycles. The minimum absolute atomic E-state index is 0.389. The average Bonchev–Trinajstić information content (AvgIpc) is 3.03. The van der Waals surface area contributed by atoms with E-state index in [2.05, 4.69) is 0 Å². The molecule has 1 aromatic rings. The fraction of sp³-hybridized carbons (Fsp3) is 0.417. The Labute approximate surface area is 89.9 Å². The molecule has 0 amide bonds. The van der Waals surface area contributed by atoms with Crippen molar-refractivity contribution in [1.29, 1.82) is 0 Å². The fourth-order valence-corrected chi connectivity index (χ4v) is 1.18. The maximum Gasteiger partial charge on any atom is 0.303 e. The minimum atomic E-state index is -0.650. The van der Waals surface area contributed by atoms with Crippen LogP contribution < -0.4 is 5.73 Å². The summed E-state index contributed by atoms with van der Waals surface area (Å²) < 4.78 is 0. The van der Waals surface area contributed by atoms with Crippen molar-refractivity contribution in [2.75, 3.05) is 0 Å². The van der Waals surface area contributed by atoms with E-state index in [9.17, 15) is 4.79 Å². The summed E-state index contributed by atoms with van der Waals surface area (Å²) in [6, 6.07) is 9.99. The number of hydrogen-bond donors (Lipinski definition) is 2. The Bertz CT molecular complexity index is 294. The van der Waals surface area contributed by atoms with Gasteiger partial charge in [0.15, 0.2) is 0 Å². The van der Waals surface area contributed by atoms with Crippen LogP contribution in [0.5, 0.6) is 0 Å². The molecule has 2 rings (SSSR count). The van der Waals surface area contributed by atoms with Gasteiger partial charge in [-0.2, -0.15) is 0 Å². The smallest absolute Gasteiger partial charge is 0.303 e. The molecule has 0 radical (unpaired) electrons. The monoisotopic (exact) mass is 207 g/mol. The molecule has 3 nitrogen and oxygen atoms in total. The van der Waals surface area contributed by atoms with Gasteiger partial charge in [0.2, 0.25) is 0 Å². The summed E-state index contributed by atoms with van der Waals surface area (Å²) in [6.07, 6.45) is 2.65. The zero-order valence-corrected chi connectivity index (χ0v) is 8.73. The quantitative estimate of drug-likeness (QED) is 0.797. The van der Waals surface area contributed by atoms with E-state index in [0.29, 0.717) is 18.9 Å². The normalized spacial score (nSPS) is 13.9. The first-order valence-electron chi connectivity index (χ1n) is 5.18. The number of carboxylic acids is 1. The second kappa shape index (κ2) is 6.19. The Balaban J connectivity index is 0.000000151. The molecule has 3 N–H and O–H groups in total. The number of rotatable bonds is 3. The van der Waals surface area contributed by atoms with Gasteiger partial charge in [-0.3, -0.25) is 4.79 Å². The van der Waals surface area contributed by atoms with Crippen LogP contribution in [-0.2, 0) is 11.3 Å². The summed E-state index contributed by atoms with van der Waals surface area (Å²) in [6.45, 7) is 0.640. The van der Waals surface area contributed by atoms with Crippen LogP contribution in [0.15, 0.2) is 30.3 Å². The molecule has 3 heteroatoms. The van der Waals surface area contributed by atoms with Crippen LogP contribution in [0.4, 0.5) is 0 Å². The van der Waals surface area contributed by atoms with Gasteiger partial charge in [0.25, 0.3) is 0 Å². The van der Waals surface area contributed by atoms with Crippen molar-refractivity contribution in [2.24, 2.45) is 11.7 Å². The van der Waals surface area contributed by atoms with Crippen LogP contribution >= 0.6 is 0 Å². The zero-order chi connectivity index (χ0) is 11.1. The Hall–Kier alpha value is -1.35. The highest BCUT2D eigenvalue weighted by Crippen LogP contribution is 2.31. The van der Waals surface area contributed by atoms with E-state index < -0.39 is 5.97 Å². The molecule has 0 aliphatic heterocycles. The highest BCUT2D eigenvalue weighted by atomic mass is 16.4. The minimum Gasteiger partial charge on any atom is -0.481 e. The van der Waals surface area contributed by atoms with Crippen LogP contribution in [0.25, 0.3) is 0 Å². The number of carbonyl (C=O) groups is 1. The van der Waals surface area contributed by atoms with Crippen molar-refractivity contribution in [3.63, 3.8) is 0 Å². The van der Waals surface area contributed by atoms with Gasteiger partial charge in [-0.15, -0.1) is 0 Å². The molecule has 0 unspecified atom stereocenters. The van der Waals surface area contributed by atoms with Crippen LogP contribution in [0.1, 0.15) is 24.8 Å². The lowest BCUT2D eigenvalue weighted by molar-refractivity contribution is -0.137. The molecule has 0 spiro atoms. The number of nitrogens with two attached hydrogens (primary N) is 1. The first-order chi connectivity index (χ1) is 7.22. The first-order valence-corrected chi connectivity index (χ1v) is 5.18. The van der Waals surface area contributed by atoms with Crippen molar-refractivity contribution in [3.05, 3.63) is 35.9 Å². The average molecular weight is 207 g/mol. The van der Waals surface area contributed by atoms with Gasteiger partial charge in [-0.05, 0) is 24.3 Å². The molecule has 1 fully saturated rings. The lowest BCUT2D eigenvalue weighted by Gasteiger charge is -1.90. The fourth-order valence-electron chi connectivity index (χ4n) is 1.18. The molecule has 0 saturated heterocycles. The second-order valence-corrected chi connectivity index (χ2v) is 3.73. The predicted octanol–water partition coefficient (Wildman–Crippen LogP) is 2.02. The van der Waals surface area contributed by atoms with Crippen LogP contribution in [0, 0.1) is 5.92 Å². The number of benzene rings is 1. The van der Waals surface area contributed by atoms with Crippen molar-refractivity contribution >= 4 is 5.97 Å². The van der Waals surface area contributed by atoms with Crippen molar-refractivity contribution in [2.45, 2.75) is 25.8 Å². The molecule has 1 saturated carbocycles. The van der Waals surface area contributed by atoms with Gasteiger partial charge in [0.05, 0.1) is 0 Å². The van der Waals surface area contributed by atoms with E-state index in [1.54, 1.807) is 0 Å². The largest absolute Gasteiger partial charge is 0.481 e. The van der Waals surface area contributed by atoms with Crippen LogP contribution in [0.3, 0.4) is 0 Å². The van der Waals surface area contributed by atoms with E-state index >= 15 is 0 Å². The lowest BCUT2D eigenvalue weighted by Crippen LogP contribution is -1.94. The second-order valence-electron chi connectivity index (χ2n) is 3.73. The molecule has 0 aromatic heterocycles. The molecular formula is C12H17NO2. The highest BCUT2D eigenvalue weighted by molar-refractivity contribution is 5.67. The van der Waals surface area contributed by atoms with Gasteiger partial charge < -0.3 is 10.8 Å². The highest BCUT2D eigenvalue weighted by Gasteiger charge is 2.23. The summed E-state index contributed by atoms with van der Waals surface area (Å²) in [7, 11) is 0. The van der Waals surface area contributed by atoms with Gasteiger partial charge in [-0.25, -0.2) is 0 Å². The third-order valence-electron chi connectivity index (χ3n) is 2.24. The summed E-state index contributed by atoms with van der Waals surface area (Å²) in [5.41, 5.74) is 6.54. The van der Waals surface area contributed by atoms with Gasteiger partial charge >= 0.3 is 5.97 Å². The van der Waals surface area contributed by atoms with E-state index in [1.165, 1.54) is 5.56 Å². The maximum atomic E-state index is 9.85. The topological polar surface area (TPSA) is 63.3 Å². The van der Waals surface area contributed by atoms with Crippen molar-refractivity contribution in [1.82, 2.24) is 0 Å². The van der Waals surface area contributed by atoms with E-state index in [-0.39, 0.29) is 0 Å². The van der Waals surface area contributed by atoms with Gasteiger partial charge in [-0.1, -0.05) is 30.3 Å². The third-order valence-corrected chi connectivity index (χ3v) is 2.24. The van der Waals surface area contributed by atoms with Crippen LogP contribution in [-0.4, -0.2) is 11.1 Å². The maximum absolute atomic E-state index is 9.85. The SMILES string of the molecule is NCc1ccccc1.O=C(O)CC1CC1. The van der Waals surface area contributed by atoms with Gasteiger partial charge in [0, 0.05) is 13.0 Å². The molecular weight excluding hydrogens is 190 g/mol. The summed E-state index contributed by atoms with van der Waals surface area (Å²) >= 11 is 0. The van der Waals surface area contributed by atoms with Gasteiger partial charge in [0.1, 0.15) is 0 Å². The van der Waals surface area contributed by atoms with Crippen LogP contribution in [0.2, 0.25) is 0 Å². The summed E-state index contributed by atoms with van der Waals surface area (Å²) in [5.74, 6) is -0.125. The Morgan fingerprint density at radius 1 is 1.33 bits per heavy atom. The molecule has 1 aliphatic carbocycles. The number of carboxylic acid groups (broad SMARTS) is 1. The lowest BCUT2D eigenvalue weighted by atomic mass is 10.2. The molecule has 0 heterocycles. The summed E-state index contributed by atoms with van der Waals surface area (Å²) in [5, 5.41) is 8.12. The third kappa shape index (κ3) is 5.86. The van der Waals surface area contributed by atoms with Crippen molar-refractivity contribution < 1.29 is 9.90 Å². The Morgan fingerprint density at radius 2 is 1.93 bits per heavy atom. The van der Waals surface area contributed by atoms with E-state index in [1.807, 2.05) is 30.3 Å². The number of aliphatic carboxylic acids is 1. The first kappa shape index (κ1) is 11.7. The summed E-state index contributed by atoms with van der Waals surface area (Å²) in [4.78, 5) is 9.85. The molecule has 15 heavy (non-hydrogen) atoms.